The monoisotopic (exact) mass is 129 g/mol. The minimum Gasteiger partial charge on any atom is -0.295 e. The first-order chi connectivity index (χ1) is 4.20. The number of nitro groups is 1. The van der Waals surface area contributed by atoms with E-state index >= 15 is 0 Å². The topological polar surface area (TPSA) is 46.4 Å². The smallest absolute Gasteiger partial charge is 0.226 e. The van der Waals surface area contributed by atoms with E-state index < -0.39 is 0 Å². The molecule has 1 saturated heterocycles. The molecule has 1 heterocycles. The van der Waals surface area contributed by atoms with Crippen molar-refractivity contribution in [3.05, 3.63) is 17.2 Å². The zero-order valence-corrected chi connectivity index (χ0v) is 5.12. The second-order valence-electron chi connectivity index (χ2n) is 2.30. The lowest BCUT2D eigenvalue weighted by molar-refractivity contribution is -0.517. The molecule has 1 rings (SSSR count). The molecule has 1 fully saturated rings. The molecule has 0 N–H and O–H groups in total. The summed E-state index contributed by atoms with van der Waals surface area (Å²) >= 11 is 0. The van der Waals surface area contributed by atoms with E-state index in [0.717, 1.165) is 6.54 Å². The van der Waals surface area contributed by atoms with Crippen LogP contribution in [0.2, 0.25) is 0 Å². The molecule has 1 radical (unpaired) electrons. The van der Waals surface area contributed by atoms with E-state index in [0.29, 0.717) is 13.0 Å². The number of nitrogens with zero attached hydrogens (tertiary/aromatic N) is 2. The van der Waals surface area contributed by atoms with Crippen LogP contribution in [-0.2, 0) is 0 Å². The van der Waals surface area contributed by atoms with Crippen molar-refractivity contribution >= 4 is 0 Å². The molecular weight excluding hydrogens is 120 g/mol. The number of rotatable bonds is 1. The van der Waals surface area contributed by atoms with Crippen LogP contribution in [0.5, 0.6) is 0 Å². The Labute approximate surface area is 53.6 Å². The summed E-state index contributed by atoms with van der Waals surface area (Å²) in [7, 11) is 3.60. The predicted octanol–water partition coefficient (Wildman–Crippen LogP) is 0.129. The third-order valence-corrected chi connectivity index (χ3v) is 1.55. The highest BCUT2D eigenvalue weighted by molar-refractivity contribution is 4.73. The van der Waals surface area contributed by atoms with Gasteiger partial charge in [-0.3, -0.25) is 15.0 Å². The summed E-state index contributed by atoms with van der Waals surface area (Å²) in [5.74, 6) is 0. The van der Waals surface area contributed by atoms with Crippen LogP contribution in [0, 0.1) is 17.2 Å². The van der Waals surface area contributed by atoms with Crippen molar-refractivity contribution in [1.82, 2.24) is 4.90 Å². The lowest BCUT2D eigenvalue weighted by atomic mass is 10.3. The number of likely N-dealkylation sites (tertiary alicyclic amines) is 1. The summed E-state index contributed by atoms with van der Waals surface area (Å²) in [6, 6.07) is -0.373. The number of hydrogen-bond donors (Lipinski definition) is 0. The average Bonchev–Trinajstić information content (AvgIpc) is 2.14. The third-order valence-electron chi connectivity index (χ3n) is 1.55. The molecule has 1 unspecified atom stereocenters. The van der Waals surface area contributed by atoms with Crippen LogP contribution in [0.4, 0.5) is 0 Å². The molecular formula is C5H9N2O2. The fourth-order valence-corrected chi connectivity index (χ4v) is 0.984. The maximum Gasteiger partial charge on any atom is 0.226 e. The molecule has 0 amide bonds. The maximum absolute atomic E-state index is 10.1. The Hall–Kier alpha value is -0.640. The van der Waals surface area contributed by atoms with Gasteiger partial charge < -0.3 is 0 Å². The van der Waals surface area contributed by atoms with Crippen LogP contribution in [0.1, 0.15) is 6.42 Å². The van der Waals surface area contributed by atoms with E-state index in [-0.39, 0.29) is 11.0 Å². The largest absolute Gasteiger partial charge is 0.295 e. The normalized spacial score (nSPS) is 28.8. The molecule has 0 saturated carbocycles. The molecule has 4 nitrogen and oxygen atoms in total. The first kappa shape index (κ1) is 6.48. The van der Waals surface area contributed by atoms with Gasteiger partial charge in [0.15, 0.2) is 0 Å². The van der Waals surface area contributed by atoms with Crippen LogP contribution in [-0.4, -0.2) is 29.0 Å². The van der Waals surface area contributed by atoms with Gasteiger partial charge in [0.05, 0.1) is 6.54 Å². The van der Waals surface area contributed by atoms with E-state index in [1.807, 2.05) is 0 Å². The first-order valence-electron chi connectivity index (χ1n) is 2.89. The Morgan fingerprint density at radius 1 is 1.78 bits per heavy atom. The van der Waals surface area contributed by atoms with Gasteiger partial charge in [-0.05, 0) is 0 Å². The highest BCUT2D eigenvalue weighted by atomic mass is 16.6. The van der Waals surface area contributed by atoms with E-state index in [9.17, 15) is 10.1 Å². The van der Waals surface area contributed by atoms with Gasteiger partial charge in [0.2, 0.25) is 6.04 Å². The van der Waals surface area contributed by atoms with Crippen LogP contribution in [0.25, 0.3) is 0 Å². The molecule has 0 aromatic rings. The van der Waals surface area contributed by atoms with Crippen molar-refractivity contribution in [1.29, 1.82) is 0 Å². The average molecular weight is 129 g/mol. The second-order valence-corrected chi connectivity index (χ2v) is 2.30. The third kappa shape index (κ3) is 1.38. The van der Waals surface area contributed by atoms with Gasteiger partial charge in [0.25, 0.3) is 0 Å². The van der Waals surface area contributed by atoms with E-state index in [2.05, 4.69) is 7.05 Å². The summed E-state index contributed by atoms with van der Waals surface area (Å²) in [6.45, 7) is 1.26. The quantitative estimate of drug-likeness (QED) is 0.373. The lowest BCUT2D eigenvalue weighted by Crippen LogP contribution is -2.22. The Balaban J connectivity index is 2.39. The minimum atomic E-state index is -0.373. The molecule has 0 bridgehead atoms. The molecule has 51 valence electrons. The highest BCUT2D eigenvalue weighted by Crippen LogP contribution is 2.09. The lowest BCUT2D eigenvalue weighted by Gasteiger charge is -2.02. The fourth-order valence-electron chi connectivity index (χ4n) is 0.984. The zero-order chi connectivity index (χ0) is 6.85. The van der Waals surface area contributed by atoms with Gasteiger partial charge in [0.1, 0.15) is 0 Å². The summed E-state index contributed by atoms with van der Waals surface area (Å²) < 4.78 is 0. The molecule has 0 aliphatic carbocycles. The standard InChI is InChI=1S/C5H9N2O2/c1-6-3-2-5(4-6)7(8)9/h5H,1-4H2. The molecule has 1 atom stereocenters. The molecule has 1 aliphatic rings. The first-order valence-corrected chi connectivity index (χ1v) is 2.89. The van der Waals surface area contributed by atoms with Gasteiger partial charge >= 0.3 is 0 Å². The van der Waals surface area contributed by atoms with Gasteiger partial charge in [-0.2, -0.15) is 0 Å². The Bertz CT molecular complexity index is 126. The highest BCUT2D eigenvalue weighted by Gasteiger charge is 2.28. The van der Waals surface area contributed by atoms with Crippen LogP contribution < -0.4 is 0 Å². The predicted molar refractivity (Wildman–Crippen MR) is 32.3 cm³/mol. The van der Waals surface area contributed by atoms with Crippen LogP contribution in [0.3, 0.4) is 0 Å². The Morgan fingerprint density at radius 2 is 2.44 bits per heavy atom. The van der Waals surface area contributed by atoms with Crippen LogP contribution in [0.15, 0.2) is 0 Å². The van der Waals surface area contributed by atoms with Crippen molar-refractivity contribution in [3.8, 4) is 0 Å². The molecule has 4 heteroatoms. The maximum atomic E-state index is 10.1. The van der Waals surface area contributed by atoms with E-state index in [1.54, 1.807) is 4.90 Å². The van der Waals surface area contributed by atoms with E-state index in [4.69, 9.17) is 0 Å². The van der Waals surface area contributed by atoms with Crippen molar-refractivity contribution in [2.45, 2.75) is 12.5 Å². The van der Waals surface area contributed by atoms with Gasteiger partial charge in [-0.15, -0.1) is 0 Å². The Kier molecular flexibility index (Phi) is 1.66. The summed E-state index contributed by atoms with van der Waals surface area (Å²) in [4.78, 5) is 11.6. The summed E-state index contributed by atoms with van der Waals surface area (Å²) in [5, 5.41) is 10.1. The van der Waals surface area contributed by atoms with Gasteiger partial charge in [-0.25, -0.2) is 0 Å². The van der Waals surface area contributed by atoms with Crippen molar-refractivity contribution in [2.24, 2.45) is 0 Å². The fraction of sp³-hybridized carbons (Fsp3) is 0.800. The SMILES string of the molecule is [CH2]N1CCC([N+](=O)[O-])C1. The van der Waals surface area contributed by atoms with E-state index in [1.165, 1.54) is 0 Å². The Morgan fingerprint density at radius 3 is 2.67 bits per heavy atom. The molecule has 1 aliphatic heterocycles. The van der Waals surface area contributed by atoms with Gasteiger partial charge in [-0.1, -0.05) is 0 Å². The van der Waals surface area contributed by atoms with Crippen molar-refractivity contribution < 1.29 is 4.92 Å². The van der Waals surface area contributed by atoms with Gasteiger partial charge in [0, 0.05) is 24.9 Å². The minimum absolute atomic E-state index is 0.231. The second kappa shape index (κ2) is 2.31. The zero-order valence-electron chi connectivity index (χ0n) is 5.12. The summed E-state index contributed by atoms with van der Waals surface area (Å²) in [6.07, 6.45) is 0.649. The van der Waals surface area contributed by atoms with Crippen LogP contribution >= 0.6 is 0 Å². The molecule has 9 heavy (non-hydrogen) atoms. The summed E-state index contributed by atoms with van der Waals surface area (Å²) in [5.41, 5.74) is 0. The van der Waals surface area contributed by atoms with Crippen molar-refractivity contribution in [2.75, 3.05) is 13.1 Å². The number of hydrogen-bond acceptors (Lipinski definition) is 3. The molecule has 0 spiro atoms. The van der Waals surface area contributed by atoms with Crippen molar-refractivity contribution in [3.63, 3.8) is 0 Å². The molecule has 0 aromatic heterocycles. The molecule has 0 aromatic carbocycles.